The van der Waals surface area contributed by atoms with Gasteiger partial charge in [-0.25, -0.2) is 4.79 Å². The van der Waals surface area contributed by atoms with Gasteiger partial charge < -0.3 is 19.5 Å². The summed E-state index contributed by atoms with van der Waals surface area (Å²) in [6, 6.07) is 6.58. The van der Waals surface area contributed by atoms with Crippen molar-refractivity contribution in [1.29, 1.82) is 0 Å². The highest BCUT2D eigenvalue weighted by Crippen LogP contribution is 2.13. The first-order valence-electron chi connectivity index (χ1n) is 7.51. The van der Waals surface area contributed by atoms with Crippen molar-refractivity contribution < 1.29 is 28.6 Å². The number of hydrogen-bond acceptors (Lipinski definition) is 6. The van der Waals surface area contributed by atoms with Gasteiger partial charge in [-0.15, -0.1) is 0 Å². The highest BCUT2D eigenvalue weighted by atomic mass is 16.6. The monoisotopic (exact) mass is 337 g/mol. The van der Waals surface area contributed by atoms with Gasteiger partial charge in [0.15, 0.2) is 12.4 Å². The zero-order valence-electron chi connectivity index (χ0n) is 14.4. The first-order chi connectivity index (χ1) is 11.2. The molecule has 1 aromatic rings. The molecule has 0 aliphatic carbocycles. The predicted octanol–water partition coefficient (Wildman–Crippen LogP) is 2.34. The van der Waals surface area contributed by atoms with Gasteiger partial charge >= 0.3 is 12.1 Å². The number of benzene rings is 1. The third kappa shape index (κ3) is 7.62. The zero-order valence-corrected chi connectivity index (χ0v) is 14.4. The number of ether oxygens (including phenoxy) is 3. The third-order valence-electron chi connectivity index (χ3n) is 2.75. The summed E-state index contributed by atoms with van der Waals surface area (Å²) in [5, 5.41) is 2.44. The molecule has 7 heteroatoms. The third-order valence-corrected chi connectivity index (χ3v) is 2.75. The minimum Gasteiger partial charge on any atom is -0.497 e. The predicted molar refractivity (Wildman–Crippen MR) is 87.1 cm³/mol. The largest absolute Gasteiger partial charge is 0.497 e. The summed E-state index contributed by atoms with van der Waals surface area (Å²) in [5.41, 5.74) is -0.206. The highest BCUT2D eigenvalue weighted by molar-refractivity contribution is 5.98. The smallest absolute Gasteiger partial charge is 0.407 e. The molecule has 0 radical (unpaired) electrons. The number of Topliss-reactive ketones (excluding diaryl/α,β-unsaturated/α-hetero) is 1. The van der Waals surface area contributed by atoms with Crippen molar-refractivity contribution in [1.82, 2.24) is 5.32 Å². The molecule has 0 aromatic heterocycles. The lowest BCUT2D eigenvalue weighted by Crippen LogP contribution is -2.33. The number of rotatable bonds is 7. The molecule has 0 saturated heterocycles. The van der Waals surface area contributed by atoms with Crippen LogP contribution in [0.25, 0.3) is 0 Å². The van der Waals surface area contributed by atoms with Gasteiger partial charge in [-0.1, -0.05) is 12.1 Å². The molecule has 7 nitrogen and oxygen atoms in total. The van der Waals surface area contributed by atoms with E-state index < -0.39 is 17.7 Å². The molecule has 132 valence electrons. The minimum atomic E-state index is -0.609. The first-order valence-corrected chi connectivity index (χ1v) is 7.51. The number of ketones is 1. The maximum absolute atomic E-state index is 11.9. The molecule has 1 amide bonds. The number of alkyl carbamates (subject to hydrolysis) is 1. The standard InChI is InChI=1S/C17H23NO6/c1-17(2,3)24-16(21)18-9-8-15(20)23-11-14(19)12-6-5-7-13(10-12)22-4/h5-7,10H,8-9,11H2,1-4H3,(H,18,21). The molecule has 0 aliphatic heterocycles. The molecule has 1 rings (SSSR count). The van der Waals surface area contributed by atoms with Crippen molar-refractivity contribution in [2.24, 2.45) is 0 Å². The Morgan fingerprint density at radius 3 is 2.50 bits per heavy atom. The van der Waals surface area contributed by atoms with Crippen LogP contribution in [-0.4, -0.2) is 43.7 Å². The maximum Gasteiger partial charge on any atom is 0.407 e. The summed E-state index contributed by atoms with van der Waals surface area (Å²) in [5.74, 6) is -0.363. The van der Waals surface area contributed by atoms with Crippen LogP contribution in [0.3, 0.4) is 0 Å². The molecule has 0 spiro atoms. The van der Waals surface area contributed by atoms with E-state index in [1.807, 2.05) is 0 Å². The fourth-order valence-electron chi connectivity index (χ4n) is 1.68. The molecule has 0 saturated carbocycles. The lowest BCUT2D eigenvalue weighted by atomic mass is 10.1. The van der Waals surface area contributed by atoms with E-state index in [1.165, 1.54) is 7.11 Å². The zero-order chi connectivity index (χ0) is 18.2. The Morgan fingerprint density at radius 2 is 1.88 bits per heavy atom. The fourth-order valence-corrected chi connectivity index (χ4v) is 1.68. The summed E-state index contributed by atoms with van der Waals surface area (Å²) in [6.07, 6.45) is -0.660. The number of esters is 1. The summed E-state index contributed by atoms with van der Waals surface area (Å²) < 4.78 is 15.0. The molecule has 0 atom stereocenters. The Bertz CT molecular complexity index is 591. The minimum absolute atomic E-state index is 0.0510. The topological polar surface area (TPSA) is 90.9 Å². The highest BCUT2D eigenvalue weighted by Gasteiger charge is 2.16. The average molecular weight is 337 g/mol. The van der Waals surface area contributed by atoms with Crippen molar-refractivity contribution in [3.63, 3.8) is 0 Å². The fraction of sp³-hybridized carbons (Fsp3) is 0.471. The van der Waals surface area contributed by atoms with Crippen molar-refractivity contribution in [2.75, 3.05) is 20.3 Å². The van der Waals surface area contributed by atoms with E-state index in [0.29, 0.717) is 11.3 Å². The lowest BCUT2D eigenvalue weighted by molar-refractivity contribution is -0.142. The Morgan fingerprint density at radius 1 is 1.17 bits per heavy atom. The molecule has 24 heavy (non-hydrogen) atoms. The molecule has 1 N–H and O–H groups in total. The number of amides is 1. The van der Waals surface area contributed by atoms with Gasteiger partial charge in [0.25, 0.3) is 0 Å². The van der Waals surface area contributed by atoms with Crippen molar-refractivity contribution >= 4 is 17.8 Å². The van der Waals surface area contributed by atoms with Crippen LogP contribution in [0.15, 0.2) is 24.3 Å². The van der Waals surface area contributed by atoms with E-state index in [0.717, 1.165) is 0 Å². The van der Waals surface area contributed by atoms with Gasteiger partial charge in [-0.05, 0) is 32.9 Å². The molecular weight excluding hydrogens is 314 g/mol. The second-order valence-corrected chi connectivity index (χ2v) is 5.99. The van der Waals surface area contributed by atoms with E-state index in [4.69, 9.17) is 14.2 Å². The van der Waals surface area contributed by atoms with E-state index in [9.17, 15) is 14.4 Å². The molecule has 0 fully saturated rings. The Kier molecular flexibility index (Phi) is 7.23. The van der Waals surface area contributed by atoms with Gasteiger partial charge in [-0.2, -0.15) is 0 Å². The van der Waals surface area contributed by atoms with Gasteiger partial charge in [0.1, 0.15) is 11.4 Å². The molecular formula is C17H23NO6. The van der Waals surface area contributed by atoms with Crippen LogP contribution >= 0.6 is 0 Å². The summed E-state index contributed by atoms with van der Waals surface area (Å²) in [4.78, 5) is 34.9. The van der Waals surface area contributed by atoms with Crippen LogP contribution in [0.1, 0.15) is 37.6 Å². The van der Waals surface area contributed by atoms with E-state index >= 15 is 0 Å². The van der Waals surface area contributed by atoms with E-state index in [-0.39, 0.29) is 25.4 Å². The molecule has 0 bridgehead atoms. The maximum atomic E-state index is 11.9. The van der Waals surface area contributed by atoms with Crippen LogP contribution in [0, 0.1) is 0 Å². The van der Waals surface area contributed by atoms with E-state index in [2.05, 4.69) is 5.32 Å². The van der Waals surface area contributed by atoms with Gasteiger partial charge in [0.05, 0.1) is 13.5 Å². The Balaban J connectivity index is 2.30. The molecule has 0 unspecified atom stereocenters. The van der Waals surface area contributed by atoms with Crippen molar-refractivity contribution in [3.05, 3.63) is 29.8 Å². The quantitative estimate of drug-likeness (QED) is 0.606. The Labute approximate surface area is 141 Å². The number of hydrogen-bond donors (Lipinski definition) is 1. The van der Waals surface area contributed by atoms with Crippen LogP contribution in [0.4, 0.5) is 4.79 Å². The number of nitrogens with one attached hydrogen (secondary N) is 1. The normalized spacial score (nSPS) is 10.7. The lowest BCUT2D eigenvalue weighted by Gasteiger charge is -2.19. The molecule has 1 aromatic carbocycles. The van der Waals surface area contributed by atoms with Crippen molar-refractivity contribution in [2.45, 2.75) is 32.8 Å². The number of methoxy groups -OCH3 is 1. The summed E-state index contributed by atoms with van der Waals surface area (Å²) in [7, 11) is 1.50. The summed E-state index contributed by atoms with van der Waals surface area (Å²) >= 11 is 0. The van der Waals surface area contributed by atoms with Gasteiger partial charge in [0.2, 0.25) is 0 Å². The molecule has 0 aliphatic rings. The van der Waals surface area contributed by atoms with Crippen molar-refractivity contribution in [3.8, 4) is 5.75 Å². The first kappa shape index (κ1) is 19.5. The second kappa shape index (κ2) is 8.90. The van der Waals surface area contributed by atoms with Crippen LogP contribution in [-0.2, 0) is 14.3 Å². The van der Waals surface area contributed by atoms with E-state index in [1.54, 1.807) is 45.0 Å². The van der Waals surface area contributed by atoms with Gasteiger partial charge in [-0.3, -0.25) is 9.59 Å². The van der Waals surface area contributed by atoms with Crippen LogP contribution in [0.5, 0.6) is 5.75 Å². The summed E-state index contributed by atoms with van der Waals surface area (Å²) in [6.45, 7) is 4.93. The van der Waals surface area contributed by atoms with Crippen LogP contribution < -0.4 is 10.1 Å². The number of carbonyl (C=O) groups is 3. The number of carbonyl (C=O) groups excluding carboxylic acids is 3. The average Bonchev–Trinajstić information content (AvgIpc) is 2.50. The Hall–Kier alpha value is -2.57. The second-order valence-electron chi connectivity index (χ2n) is 5.99. The van der Waals surface area contributed by atoms with Crippen LogP contribution in [0.2, 0.25) is 0 Å². The van der Waals surface area contributed by atoms with Gasteiger partial charge in [0, 0.05) is 12.1 Å². The SMILES string of the molecule is COc1cccc(C(=O)COC(=O)CCNC(=O)OC(C)(C)C)c1. The molecule has 0 heterocycles.